The van der Waals surface area contributed by atoms with Crippen LogP contribution in [0, 0.1) is 0 Å². The molecule has 0 radical (unpaired) electrons. The minimum Gasteiger partial charge on any atom is -0.376 e. The largest absolute Gasteiger partial charge is 0.376 e. The summed E-state index contributed by atoms with van der Waals surface area (Å²) in [4.78, 5) is 12.9. The van der Waals surface area contributed by atoms with E-state index in [0.717, 1.165) is 31.2 Å². The molecule has 24 heavy (non-hydrogen) atoms. The van der Waals surface area contributed by atoms with Gasteiger partial charge in [-0.05, 0) is 43.0 Å². The number of rotatable bonds is 4. The molecule has 0 bridgehead atoms. The number of carbonyl (C=O) groups is 1. The summed E-state index contributed by atoms with van der Waals surface area (Å²) in [7, 11) is 0. The second kappa shape index (κ2) is 6.58. The zero-order valence-corrected chi connectivity index (χ0v) is 14.5. The number of carbonyl (C=O) groups excluding carboxylic acids is 1. The van der Waals surface area contributed by atoms with E-state index in [2.05, 4.69) is 5.32 Å². The highest BCUT2D eigenvalue weighted by Gasteiger charge is 2.42. The molecule has 3 rings (SSSR count). The second-order valence-corrected chi connectivity index (χ2v) is 7.12. The lowest BCUT2D eigenvalue weighted by Gasteiger charge is -2.34. The Labute approximate surface area is 147 Å². The molecule has 1 aliphatic rings. The Morgan fingerprint density at radius 3 is 2.25 bits per heavy atom. The van der Waals surface area contributed by atoms with Crippen LogP contribution >= 0.6 is 11.6 Å². The number of aliphatic hydroxyl groups is 1. The summed E-state index contributed by atoms with van der Waals surface area (Å²) < 4.78 is 0. The highest BCUT2D eigenvalue weighted by Crippen LogP contribution is 2.39. The van der Waals surface area contributed by atoms with Crippen LogP contribution in [0.5, 0.6) is 0 Å². The van der Waals surface area contributed by atoms with Crippen molar-refractivity contribution in [2.45, 2.75) is 43.7 Å². The molecule has 126 valence electrons. The Morgan fingerprint density at radius 2 is 1.67 bits per heavy atom. The van der Waals surface area contributed by atoms with Gasteiger partial charge in [-0.3, -0.25) is 4.79 Å². The van der Waals surface area contributed by atoms with Crippen LogP contribution in [0.1, 0.15) is 43.7 Å². The van der Waals surface area contributed by atoms with Crippen molar-refractivity contribution in [3.63, 3.8) is 0 Å². The van der Waals surface area contributed by atoms with E-state index < -0.39 is 11.1 Å². The van der Waals surface area contributed by atoms with E-state index in [1.165, 1.54) is 6.92 Å². The van der Waals surface area contributed by atoms with E-state index in [9.17, 15) is 9.90 Å². The minimum absolute atomic E-state index is 0.379. The molecule has 3 nitrogen and oxygen atoms in total. The minimum atomic E-state index is -1.60. The summed E-state index contributed by atoms with van der Waals surface area (Å²) in [5.41, 5.74) is -0.364. The SMILES string of the molecule is CC(O)(C(=O)NC1(c2ccccc2)CCCC1)c1ccc(Cl)cc1. The van der Waals surface area contributed by atoms with Crippen LogP contribution in [-0.4, -0.2) is 11.0 Å². The Balaban J connectivity index is 1.87. The van der Waals surface area contributed by atoms with Crippen molar-refractivity contribution in [3.8, 4) is 0 Å². The van der Waals surface area contributed by atoms with Crippen molar-refractivity contribution in [2.75, 3.05) is 0 Å². The third-order valence-electron chi connectivity index (χ3n) is 4.98. The monoisotopic (exact) mass is 343 g/mol. The van der Waals surface area contributed by atoms with Crippen LogP contribution in [0.3, 0.4) is 0 Å². The van der Waals surface area contributed by atoms with Crippen LogP contribution in [0.25, 0.3) is 0 Å². The number of hydrogen-bond donors (Lipinski definition) is 2. The van der Waals surface area contributed by atoms with Crippen LogP contribution in [-0.2, 0) is 15.9 Å². The fraction of sp³-hybridized carbons (Fsp3) is 0.350. The first kappa shape index (κ1) is 17.0. The maximum absolute atomic E-state index is 12.9. The lowest BCUT2D eigenvalue weighted by atomic mass is 9.86. The van der Waals surface area contributed by atoms with Crippen molar-refractivity contribution >= 4 is 17.5 Å². The molecule has 1 atom stereocenters. The van der Waals surface area contributed by atoms with Gasteiger partial charge in [0.2, 0.25) is 0 Å². The highest BCUT2D eigenvalue weighted by atomic mass is 35.5. The smallest absolute Gasteiger partial charge is 0.257 e. The molecule has 0 aromatic heterocycles. The van der Waals surface area contributed by atoms with Gasteiger partial charge in [0.1, 0.15) is 0 Å². The molecule has 0 spiro atoms. The Kier molecular flexibility index (Phi) is 4.66. The number of hydrogen-bond acceptors (Lipinski definition) is 2. The third-order valence-corrected chi connectivity index (χ3v) is 5.24. The van der Waals surface area contributed by atoms with Gasteiger partial charge in [0.05, 0.1) is 5.54 Å². The molecule has 1 saturated carbocycles. The predicted octanol–water partition coefficient (Wildman–Crippen LogP) is 4.13. The first-order chi connectivity index (χ1) is 11.4. The van der Waals surface area contributed by atoms with E-state index in [1.807, 2.05) is 30.3 Å². The van der Waals surface area contributed by atoms with Crippen LogP contribution < -0.4 is 5.32 Å². The third kappa shape index (κ3) is 3.19. The van der Waals surface area contributed by atoms with Gasteiger partial charge in [-0.1, -0.05) is 66.9 Å². The molecule has 2 N–H and O–H groups in total. The Morgan fingerprint density at radius 1 is 1.08 bits per heavy atom. The van der Waals surface area contributed by atoms with Crippen LogP contribution in [0.15, 0.2) is 54.6 Å². The second-order valence-electron chi connectivity index (χ2n) is 6.69. The van der Waals surface area contributed by atoms with E-state index in [4.69, 9.17) is 11.6 Å². The lowest BCUT2D eigenvalue weighted by Crippen LogP contribution is -2.51. The maximum atomic E-state index is 12.9. The Bertz CT molecular complexity index is 704. The van der Waals surface area contributed by atoms with Gasteiger partial charge in [0, 0.05) is 5.02 Å². The summed E-state index contributed by atoms with van der Waals surface area (Å²) in [5.74, 6) is -0.379. The molecular weight excluding hydrogens is 322 g/mol. The van der Waals surface area contributed by atoms with Gasteiger partial charge in [0.25, 0.3) is 5.91 Å². The summed E-state index contributed by atoms with van der Waals surface area (Å²) in [6, 6.07) is 16.8. The maximum Gasteiger partial charge on any atom is 0.257 e. The first-order valence-electron chi connectivity index (χ1n) is 8.31. The molecule has 1 aliphatic carbocycles. The molecule has 0 aliphatic heterocycles. The van der Waals surface area contributed by atoms with Crippen molar-refractivity contribution in [2.24, 2.45) is 0 Å². The normalized spacial score (nSPS) is 18.8. The van der Waals surface area contributed by atoms with Crippen LogP contribution in [0.2, 0.25) is 5.02 Å². The van der Waals surface area contributed by atoms with E-state index >= 15 is 0 Å². The topological polar surface area (TPSA) is 49.3 Å². The highest BCUT2D eigenvalue weighted by molar-refractivity contribution is 6.30. The predicted molar refractivity (Wildman–Crippen MR) is 95.8 cm³/mol. The van der Waals surface area contributed by atoms with Crippen molar-refractivity contribution in [1.29, 1.82) is 0 Å². The Hall–Kier alpha value is -1.84. The van der Waals surface area contributed by atoms with Crippen LogP contribution in [0.4, 0.5) is 0 Å². The number of benzene rings is 2. The lowest BCUT2D eigenvalue weighted by molar-refractivity contribution is -0.141. The summed E-state index contributed by atoms with van der Waals surface area (Å²) in [6.45, 7) is 1.53. The fourth-order valence-electron chi connectivity index (χ4n) is 3.47. The molecule has 0 heterocycles. The number of halogens is 1. The van der Waals surface area contributed by atoms with E-state index in [0.29, 0.717) is 10.6 Å². The average Bonchev–Trinajstić information content (AvgIpc) is 3.06. The molecule has 4 heteroatoms. The van der Waals surface area contributed by atoms with Gasteiger partial charge in [-0.2, -0.15) is 0 Å². The van der Waals surface area contributed by atoms with Gasteiger partial charge < -0.3 is 10.4 Å². The van der Waals surface area contributed by atoms with Gasteiger partial charge in [-0.15, -0.1) is 0 Å². The standard InChI is InChI=1S/C20H22ClNO2/c1-19(24,15-9-11-17(21)12-10-15)18(23)22-20(13-5-6-14-20)16-7-3-2-4-8-16/h2-4,7-12,24H,5-6,13-14H2,1H3,(H,22,23). The molecular formula is C20H22ClNO2. The van der Waals surface area contributed by atoms with Gasteiger partial charge >= 0.3 is 0 Å². The summed E-state index contributed by atoms with van der Waals surface area (Å²) >= 11 is 5.90. The quantitative estimate of drug-likeness (QED) is 0.876. The van der Waals surface area contributed by atoms with Gasteiger partial charge in [-0.25, -0.2) is 0 Å². The molecule has 2 aromatic carbocycles. The zero-order valence-electron chi connectivity index (χ0n) is 13.8. The average molecular weight is 344 g/mol. The van der Waals surface area contributed by atoms with Crippen molar-refractivity contribution < 1.29 is 9.90 Å². The summed E-state index contributed by atoms with van der Waals surface area (Å²) in [5, 5.41) is 14.5. The molecule has 1 fully saturated rings. The summed E-state index contributed by atoms with van der Waals surface area (Å²) in [6.07, 6.45) is 3.91. The zero-order chi connectivity index (χ0) is 17.2. The van der Waals surface area contributed by atoms with Crippen molar-refractivity contribution in [3.05, 3.63) is 70.7 Å². The number of amides is 1. The molecule has 0 saturated heterocycles. The first-order valence-corrected chi connectivity index (χ1v) is 8.68. The van der Waals surface area contributed by atoms with Crippen molar-refractivity contribution in [1.82, 2.24) is 5.32 Å². The van der Waals surface area contributed by atoms with E-state index in [1.54, 1.807) is 24.3 Å². The number of nitrogens with one attached hydrogen (secondary N) is 1. The van der Waals surface area contributed by atoms with E-state index in [-0.39, 0.29) is 5.91 Å². The fourth-order valence-corrected chi connectivity index (χ4v) is 3.59. The van der Waals surface area contributed by atoms with Gasteiger partial charge in [0.15, 0.2) is 5.60 Å². The molecule has 1 amide bonds. The molecule has 2 aromatic rings. The molecule has 1 unspecified atom stereocenters.